The molecule has 2 rings (SSSR count). The molecule has 18 heavy (non-hydrogen) atoms. The normalized spacial score (nSPS) is 30.4. The first kappa shape index (κ1) is 13.9. The van der Waals surface area contributed by atoms with Crippen molar-refractivity contribution in [1.29, 1.82) is 0 Å². The number of nitrogens with two attached hydrogens (primary N) is 1. The molecule has 3 heteroatoms. The molecule has 1 aliphatic heterocycles. The van der Waals surface area contributed by atoms with Crippen LogP contribution in [0.4, 0.5) is 0 Å². The molecule has 0 aromatic heterocycles. The monoisotopic (exact) mass is 252 g/mol. The van der Waals surface area contributed by atoms with Gasteiger partial charge in [-0.2, -0.15) is 0 Å². The van der Waals surface area contributed by atoms with E-state index >= 15 is 0 Å². The first-order valence-electron chi connectivity index (χ1n) is 7.73. The van der Waals surface area contributed by atoms with E-state index in [0.29, 0.717) is 11.8 Å². The van der Waals surface area contributed by atoms with Gasteiger partial charge in [-0.3, -0.25) is 4.79 Å². The molecule has 2 aliphatic rings. The number of piperidine rings is 1. The summed E-state index contributed by atoms with van der Waals surface area (Å²) in [5.41, 5.74) is 5.76. The van der Waals surface area contributed by atoms with Crippen molar-refractivity contribution in [2.75, 3.05) is 19.6 Å². The van der Waals surface area contributed by atoms with Crippen LogP contribution in [-0.2, 0) is 4.79 Å². The summed E-state index contributed by atoms with van der Waals surface area (Å²) in [7, 11) is 0. The van der Waals surface area contributed by atoms with E-state index in [-0.39, 0.29) is 5.92 Å². The molecule has 0 bridgehead atoms. The van der Waals surface area contributed by atoms with Crippen molar-refractivity contribution in [3.63, 3.8) is 0 Å². The van der Waals surface area contributed by atoms with E-state index in [2.05, 4.69) is 11.8 Å². The average Bonchev–Trinajstić information content (AvgIpc) is 2.46. The van der Waals surface area contributed by atoms with Crippen LogP contribution in [0.1, 0.15) is 51.9 Å². The van der Waals surface area contributed by atoms with E-state index in [1.165, 1.54) is 32.1 Å². The van der Waals surface area contributed by atoms with E-state index in [9.17, 15) is 4.79 Å². The van der Waals surface area contributed by atoms with Crippen LogP contribution in [0, 0.1) is 17.8 Å². The zero-order valence-electron chi connectivity index (χ0n) is 11.7. The molecule has 0 radical (unpaired) electrons. The Bertz CT molecular complexity index is 272. The molecule has 2 N–H and O–H groups in total. The standard InChI is InChI=1S/C15H28N2O/c1-2-12-6-8-17(9-7-12)15(18)14-5-3-4-13(10-14)11-16/h12-14H,2-11,16H2,1H3. The molecular weight excluding hydrogens is 224 g/mol. The van der Waals surface area contributed by atoms with Gasteiger partial charge in [-0.15, -0.1) is 0 Å². The van der Waals surface area contributed by atoms with Gasteiger partial charge in [0.15, 0.2) is 0 Å². The van der Waals surface area contributed by atoms with Crippen molar-refractivity contribution in [2.24, 2.45) is 23.5 Å². The summed E-state index contributed by atoms with van der Waals surface area (Å²) < 4.78 is 0. The van der Waals surface area contributed by atoms with Crippen LogP contribution in [-0.4, -0.2) is 30.4 Å². The largest absolute Gasteiger partial charge is 0.342 e. The summed E-state index contributed by atoms with van der Waals surface area (Å²) >= 11 is 0. The molecule has 1 aliphatic carbocycles. The number of carbonyl (C=O) groups is 1. The molecule has 2 fully saturated rings. The minimum atomic E-state index is 0.269. The zero-order chi connectivity index (χ0) is 13.0. The summed E-state index contributed by atoms with van der Waals surface area (Å²) in [6, 6.07) is 0. The highest BCUT2D eigenvalue weighted by Crippen LogP contribution is 2.31. The third kappa shape index (κ3) is 3.25. The fraction of sp³-hybridized carbons (Fsp3) is 0.933. The molecule has 0 aromatic carbocycles. The lowest BCUT2D eigenvalue weighted by Crippen LogP contribution is -2.43. The van der Waals surface area contributed by atoms with Gasteiger partial charge in [0.2, 0.25) is 5.91 Å². The molecule has 104 valence electrons. The lowest BCUT2D eigenvalue weighted by molar-refractivity contribution is -0.138. The number of carbonyl (C=O) groups excluding carboxylic acids is 1. The number of nitrogens with zero attached hydrogens (tertiary/aromatic N) is 1. The summed E-state index contributed by atoms with van der Waals surface area (Å²) in [6.07, 6.45) is 8.19. The minimum Gasteiger partial charge on any atom is -0.342 e. The highest BCUT2D eigenvalue weighted by Gasteiger charge is 2.31. The predicted octanol–water partition coefficient (Wildman–Crippen LogP) is 2.40. The van der Waals surface area contributed by atoms with E-state index in [1.54, 1.807) is 0 Å². The van der Waals surface area contributed by atoms with Gasteiger partial charge in [0.25, 0.3) is 0 Å². The molecule has 2 unspecified atom stereocenters. The summed E-state index contributed by atoms with van der Waals surface area (Å²) in [6.45, 7) is 4.99. The average molecular weight is 252 g/mol. The van der Waals surface area contributed by atoms with Crippen molar-refractivity contribution >= 4 is 5.91 Å². The second-order valence-electron chi connectivity index (χ2n) is 6.14. The van der Waals surface area contributed by atoms with Gasteiger partial charge in [0.05, 0.1) is 0 Å². The predicted molar refractivity (Wildman–Crippen MR) is 74.1 cm³/mol. The number of hydrogen-bond donors (Lipinski definition) is 1. The first-order chi connectivity index (χ1) is 8.74. The maximum absolute atomic E-state index is 12.5. The minimum absolute atomic E-state index is 0.269. The molecule has 1 saturated heterocycles. The highest BCUT2D eigenvalue weighted by molar-refractivity contribution is 5.79. The van der Waals surface area contributed by atoms with Crippen molar-refractivity contribution in [1.82, 2.24) is 4.90 Å². The molecule has 0 aromatic rings. The van der Waals surface area contributed by atoms with Crippen molar-refractivity contribution < 1.29 is 4.79 Å². The molecule has 3 nitrogen and oxygen atoms in total. The van der Waals surface area contributed by atoms with Crippen molar-refractivity contribution in [2.45, 2.75) is 51.9 Å². The van der Waals surface area contributed by atoms with Gasteiger partial charge in [0, 0.05) is 19.0 Å². The number of amides is 1. The van der Waals surface area contributed by atoms with E-state index < -0.39 is 0 Å². The second kappa shape index (κ2) is 6.55. The van der Waals surface area contributed by atoms with Crippen LogP contribution < -0.4 is 5.73 Å². The van der Waals surface area contributed by atoms with Crippen molar-refractivity contribution in [3.8, 4) is 0 Å². The van der Waals surface area contributed by atoms with Crippen LogP contribution >= 0.6 is 0 Å². The van der Waals surface area contributed by atoms with Crippen LogP contribution in [0.2, 0.25) is 0 Å². The Labute approximate surface area is 111 Å². The molecular formula is C15H28N2O. The van der Waals surface area contributed by atoms with Gasteiger partial charge in [-0.25, -0.2) is 0 Å². The SMILES string of the molecule is CCC1CCN(C(=O)C2CCCC(CN)C2)CC1. The third-order valence-corrected chi connectivity index (χ3v) is 4.97. The summed E-state index contributed by atoms with van der Waals surface area (Å²) in [5, 5.41) is 0. The lowest BCUT2D eigenvalue weighted by atomic mass is 9.80. The lowest BCUT2D eigenvalue weighted by Gasteiger charge is -2.36. The van der Waals surface area contributed by atoms with Gasteiger partial charge < -0.3 is 10.6 Å². The maximum atomic E-state index is 12.5. The van der Waals surface area contributed by atoms with Crippen LogP contribution in [0.5, 0.6) is 0 Å². The summed E-state index contributed by atoms with van der Waals surface area (Å²) in [5.74, 6) is 2.12. The van der Waals surface area contributed by atoms with Crippen LogP contribution in [0.15, 0.2) is 0 Å². The van der Waals surface area contributed by atoms with E-state index in [4.69, 9.17) is 5.73 Å². The van der Waals surface area contributed by atoms with Gasteiger partial charge in [-0.05, 0) is 50.5 Å². The number of rotatable bonds is 3. The van der Waals surface area contributed by atoms with Crippen molar-refractivity contribution in [3.05, 3.63) is 0 Å². The third-order valence-electron chi connectivity index (χ3n) is 4.97. The van der Waals surface area contributed by atoms with Gasteiger partial charge in [0.1, 0.15) is 0 Å². The summed E-state index contributed by atoms with van der Waals surface area (Å²) in [4.78, 5) is 14.6. The Morgan fingerprint density at radius 2 is 1.89 bits per heavy atom. The molecule has 0 spiro atoms. The molecule has 1 saturated carbocycles. The Balaban J connectivity index is 1.83. The molecule has 1 heterocycles. The van der Waals surface area contributed by atoms with E-state index in [0.717, 1.165) is 38.4 Å². The second-order valence-corrected chi connectivity index (χ2v) is 6.14. The van der Waals surface area contributed by atoms with Crippen LogP contribution in [0.25, 0.3) is 0 Å². The molecule has 2 atom stereocenters. The Morgan fingerprint density at radius 1 is 1.17 bits per heavy atom. The Morgan fingerprint density at radius 3 is 2.50 bits per heavy atom. The number of likely N-dealkylation sites (tertiary alicyclic amines) is 1. The van der Waals surface area contributed by atoms with Gasteiger partial charge >= 0.3 is 0 Å². The van der Waals surface area contributed by atoms with E-state index in [1.807, 2.05) is 0 Å². The first-order valence-corrected chi connectivity index (χ1v) is 7.73. The Kier molecular flexibility index (Phi) is 5.04. The smallest absolute Gasteiger partial charge is 0.225 e. The fourth-order valence-corrected chi connectivity index (χ4v) is 3.55. The number of hydrogen-bond acceptors (Lipinski definition) is 2. The Hall–Kier alpha value is -0.570. The molecule has 1 amide bonds. The van der Waals surface area contributed by atoms with Gasteiger partial charge in [-0.1, -0.05) is 19.8 Å². The maximum Gasteiger partial charge on any atom is 0.225 e. The fourth-order valence-electron chi connectivity index (χ4n) is 3.55. The zero-order valence-corrected chi connectivity index (χ0v) is 11.7. The topological polar surface area (TPSA) is 46.3 Å². The highest BCUT2D eigenvalue weighted by atomic mass is 16.2. The van der Waals surface area contributed by atoms with Crippen LogP contribution in [0.3, 0.4) is 0 Å². The quantitative estimate of drug-likeness (QED) is 0.838.